The summed E-state index contributed by atoms with van der Waals surface area (Å²) in [5.74, 6) is -0.619. The van der Waals surface area contributed by atoms with E-state index in [-0.39, 0.29) is 34.9 Å². The molecule has 3 rings (SSSR count). The van der Waals surface area contributed by atoms with Gasteiger partial charge in [-0.25, -0.2) is 4.98 Å². The smallest absolute Gasteiger partial charge is 0.271 e. The molecule has 2 amide bonds. The maximum absolute atomic E-state index is 12.7. The number of nitrogens with one attached hydrogen (secondary N) is 1. The second-order valence-electron chi connectivity index (χ2n) is 6.29. The number of likely N-dealkylation sites (tertiary alicyclic amines) is 1. The highest BCUT2D eigenvalue weighted by molar-refractivity contribution is 7.15. The van der Waals surface area contributed by atoms with Crippen LogP contribution in [0.5, 0.6) is 0 Å². The standard InChI is InChI=1S/C16H20N4O3S/c1-10(2)18-13(21)11-4-3-5-19(9-11)14(22)12-8-17-16-20(15(12)23)6-7-24-16/h6-8,10-11H,3-5,9H2,1-2H3,(H,18,21)/t11-/m0/s1. The second-order valence-corrected chi connectivity index (χ2v) is 7.16. The average molecular weight is 348 g/mol. The molecule has 0 aliphatic carbocycles. The summed E-state index contributed by atoms with van der Waals surface area (Å²) in [5, 5.41) is 4.65. The number of amides is 2. The van der Waals surface area contributed by atoms with Crippen molar-refractivity contribution in [2.24, 2.45) is 5.92 Å². The molecule has 1 atom stereocenters. The van der Waals surface area contributed by atoms with Crippen LogP contribution in [-0.2, 0) is 4.79 Å². The van der Waals surface area contributed by atoms with Gasteiger partial charge in [-0.15, -0.1) is 11.3 Å². The van der Waals surface area contributed by atoms with Gasteiger partial charge in [0, 0.05) is 36.9 Å². The first kappa shape index (κ1) is 16.6. The Morgan fingerprint density at radius 2 is 2.21 bits per heavy atom. The zero-order valence-electron chi connectivity index (χ0n) is 13.7. The summed E-state index contributed by atoms with van der Waals surface area (Å²) >= 11 is 1.34. The minimum atomic E-state index is -0.361. The fraction of sp³-hybridized carbons (Fsp3) is 0.500. The normalized spacial score (nSPS) is 18.1. The van der Waals surface area contributed by atoms with Crippen molar-refractivity contribution in [2.45, 2.75) is 32.7 Å². The lowest BCUT2D eigenvalue weighted by atomic mass is 9.96. The van der Waals surface area contributed by atoms with E-state index in [1.165, 1.54) is 21.9 Å². The summed E-state index contributed by atoms with van der Waals surface area (Å²) in [6, 6.07) is 0.0680. The van der Waals surface area contributed by atoms with Crippen LogP contribution in [0.1, 0.15) is 37.0 Å². The molecule has 2 aromatic heterocycles. The Morgan fingerprint density at radius 1 is 1.42 bits per heavy atom. The van der Waals surface area contributed by atoms with E-state index in [1.54, 1.807) is 16.5 Å². The van der Waals surface area contributed by atoms with Gasteiger partial charge in [0.2, 0.25) is 5.91 Å². The zero-order chi connectivity index (χ0) is 17.3. The molecule has 0 spiro atoms. The molecule has 7 nitrogen and oxygen atoms in total. The highest BCUT2D eigenvalue weighted by atomic mass is 32.1. The molecule has 0 bridgehead atoms. The van der Waals surface area contributed by atoms with Crippen molar-refractivity contribution in [1.29, 1.82) is 0 Å². The number of fused-ring (bicyclic) bond motifs is 1. The van der Waals surface area contributed by atoms with Crippen LogP contribution in [0.25, 0.3) is 4.96 Å². The van der Waals surface area contributed by atoms with Gasteiger partial charge in [0.05, 0.1) is 5.92 Å². The van der Waals surface area contributed by atoms with E-state index in [4.69, 9.17) is 0 Å². The molecule has 1 fully saturated rings. The van der Waals surface area contributed by atoms with Crippen LogP contribution in [0.15, 0.2) is 22.6 Å². The molecule has 8 heteroatoms. The monoisotopic (exact) mass is 348 g/mol. The summed E-state index contributed by atoms with van der Waals surface area (Å²) in [5.41, 5.74) is -0.309. The third-order valence-corrected chi connectivity index (χ3v) is 4.85. The zero-order valence-corrected chi connectivity index (χ0v) is 14.5. The molecular formula is C16H20N4O3S. The Labute approximate surface area is 143 Å². The molecule has 1 aliphatic rings. The second kappa shape index (κ2) is 6.72. The molecular weight excluding hydrogens is 328 g/mol. The summed E-state index contributed by atoms with van der Waals surface area (Å²) in [4.78, 5) is 43.7. The molecule has 0 unspecified atom stereocenters. The largest absolute Gasteiger partial charge is 0.354 e. The van der Waals surface area contributed by atoms with Gasteiger partial charge in [0.25, 0.3) is 11.5 Å². The number of hydrogen-bond donors (Lipinski definition) is 1. The third kappa shape index (κ3) is 3.19. The number of nitrogens with zero attached hydrogens (tertiary/aromatic N) is 3. The summed E-state index contributed by atoms with van der Waals surface area (Å²) < 4.78 is 1.38. The number of thiazole rings is 1. The van der Waals surface area contributed by atoms with Crippen LogP contribution < -0.4 is 10.9 Å². The molecule has 0 saturated carbocycles. The number of carbonyl (C=O) groups excluding carboxylic acids is 2. The Bertz CT molecular complexity index is 826. The molecule has 1 saturated heterocycles. The van der Waals surface area contributed by atoms with Gasteiger partial charge < -0.3 is 10.2 Å². The molecule has 0 aromatic carbocycles. The van der Waals surface area contributed by atoms with Gasteiger partial charge >= 0.3 is 0 Å². The van der Waals surface area contributed by atoms with Gasteiger partial charge in [-0.1, -0.05) is 0 Å². The molecule has 1 aliphatic heterocycles. The maximum atomic E-state index is 12.7. The summed E-state index contributed by atoms with van der Waals surface area (Å²) in [7, 11) is 0. The SMILES string of the molecule is CC(C)NC(=O)[C@H]1CCCN(C(=O)c2cnc3sccn3c2=O)C1. The summed E-state index contributed by atoms with van der Waals surface area (Å²) in [6.45, 7) is 4.71. The number of hydrogen-bond acceptors (Lipinski definition) is 5. The van der Waals surface area contributed by atoms with E-state index < -0.39 is 0 Å². The fourth-order valence-electron chi connectivity index (χ4n) is 2.92. The molecule has 0 radical (unpaired) electrons. The van der Waals surface area contributed by atoms with E-state index in [1.807, 2.05) is 13.8 Å². The van der Waals surface area contributed by atoms with Crippen molar-refractivity contribution in [3.8, 4) is 0 Å². The fourth-order valence-corrected chi connectivity index (χ4v) is 3.59. The Hall–Kier alpha value is -2.22. The first-order chi connectivity index (χ1) is 11.5. The van der Waals surface area contributed by atoms with Crippen LogP contribution in [0.3, 0.4) is 0 Å². The number of carbonyl (C=O) groups is 2. The minimum Gasteiger partial charge on any atom is -0.354 e. The van der Waals surface area contributed by atoms with E-state index >= 15 is 0 Å². The van der Waals surface area contributed by atoms with Crippen LogP contribution in [0.2, 0.25) is 0 Å². The molecule has 3 heterocycles. The lowest BCUT2D eigenvalue weighted by Gasteiger charge is -2.32. The molecule has 128 valence electrons. The Kier molecular flexibility index (Phi) is 4.66. The number of aromatic nitrogens is 2. The van der Waals surface area contributed by atoms with Gasteiger partial charge in [-0.2, -0.15) is 0 Å². The highest BCUT2D eigenvalue weighted by Crippen LogP contribution is 2.18. The van der Waals surface area contributed by atoms with Crippen LogP contribution >= 0.6 is 11.3 Å². The van der Waals surface area contributed by atoms with Crippen LogP contribution in [0, 0.1) is 5.92 Å². The number of piperidine rings is 1. The quantitative estimate of drug-likeness (QED) is 0.901. The molecule has 2 aromatic rings. The van der Waals surface area contributed by atoms with Crippen LogP contribution in [-0.4, -0.2) is 45.2 Å². The third-order valence-electron chi connectivity index (χ3n) is 4.08. The van der Waals surface area contributed by atoms with Gasteiger partial charge in [0.15, 0.2) is 4.96 Å². The Balaban J connectivity index is 1.79. The lowest BCUT2D eigenvalue weighted by Crippen LogP contribution is -2.47. The first-order valence-corrected chi connectivity index (χ1v) is 8.90. The van der Waals surface area contributed by atoms with Gasteiger partial charge in [-0.3, -0.25) is 18.8 Å². The van der Waals surface area contributed by atoms with Gasteiger partial charge in [-0.05, 0) is 26.7 Å². The van der Waals surface area contributed by atoms with Crippen molar-refractivity contribution in [3.05, 3.63) is 33.7 Å². The van der Waals surface area contributed by atoms with Crippen molar-refractivity contribution in [1.82, 2.24) is 19.6 Å². The van der Waals surface area contributed by atoms with Crippen molar-refractivity contribution < 1.29 is 9.59 Å². The van der Waals surface area contributed by atoms with E-state index in [9.17, 15) is 14.4 Å². The van der Waals surface area contributed by atoms with E-state index in [2.05, 4.69) is 10.3 Å². The summed E-state index contributed by atoms with van der Waals surface area (Å²) in [6.07, 6.45) is 4.45. The predicted molar refractivity (Wildman–Crippen MR) is 91.2 cm³/mol. The topological polar surface area (TPSA) is 83.8 Å². The molecule has 1 N–H and O–H groups in total. The van der Waals surface area contributed by atoms with E-state index in [0.717, 1.165) is 12.8 Å². The highest BCUT2D eigenvalue weighted by Gasteiger charge is 2.30. The van der Waals surface area contributed by atoms with Crippen LogP contribution in [0.4, 0.5) is 0 Å². The van der Waals surface area contributed by atoms with E-state index in [0.29, 0.717) is 18.1 Å². The number of rotatable bonds is 3. The van der Waals surface area contributed by atoms with Crippen molar-refractivity contribution in [3.63, 3.8) is 0 Å². The average Bonchev–Trinajstić information content (AvgIpc) is 3.04. The van der Waals surface area contributed by atoms with Crippen molar-refractivity contribution >= 4 is 28.1 Å². The van der Waals surface area contributed by atoms with Crippen molar-refractivity contribution in [2.75, 3.05) is 13.1 Å². The minimum absolute atomic E-state index is 0.0365. The predicted octanol–water partition coefficient (Wildman–Crippen LogP) is 1.13. The van der Waals surface area contributed by atoms with Gasteiger partial charge in [0.1, 0.15) is 5.56 Å². The lowest BCUT2D eigenvalue weighted by molar-refractivity contribution is -0.126. The molecule has 24 heavy (non-hydrogen) atoms. The first-order valence-electron chi connectivity index (χ1n) is 8.02. The maximum Gasteiger partial charge on any atom is 0.271 e. The Morgan fingerprint density at radius 3 is 2.96 bits per heavy atom.